The second-order valence-electron chi connectivity index (χ2n) is 3.98. The predicted molar refractivity (Wildman–Crippen MR) is 78.5 cm³/mol. The average Bonchev–Trinajstić information content (AvgIpc) is 2.64. The van der Waals surface area contributed by atoms with Crippen LogP contribution in [0.2, 0.25) is 0 Å². The maximum atomic E-state index is 9.46. The number of aliphatic hydroxyl groups excluding tert-OH is 1. The molecule has 0 amide bonds. The van der Waals surface area contributed by atoms with Crippen LogP contribution < -0.4 is 5.32 Å². The highest BCUT2D eigenvalue weighted by atomic mass is 127. The number of nitrogens with one attached hydrogen (secondary N) is 1. The average molecular weight is 341 g/mol. The molecule has 0 aromatic heterocycles. The molecule has 5 heteroatoms. The first-order chi connectivity index (χ1) is 7.27. The summed E-state index contributed by atoms with van der Waals surface area (Å²) < 4.78 is 0. The third-order valence-electron chi connectivity index (χ3n) is 2.57. The van der Waals surface area contributed by atoms with Crippen LogP contribution in [0.4, 0.5) is 0 Å². The van der Waals surface area contributed by atoms with Gasteiger partial charge in [0.05, 0.1) is 6.10 Å². The lowest BCUT2D eigenvalue weighted by Crippen LogP contribution is -2.40. The van der Waals surface area contributed by atoms with Crippen LogP contribution in [0.15, 0.2) is 4.99 Å². The van der Waals surface area contributed by atoms with Crippen LogP contribution in [-0.2, 0) is 0 Å². The Labute approximate surface area is 116 Å². The summed E-state index contributed by atoms with van der Waals surface area (Å²) in [5.74, 6) is 0.961. The van der Waals surface area contributed by atoms with Crippen LogP contribution in [0.3, 0.4) is 0 Å². The Balaban J connectivity index is 0.00000225. The molecule has 0 aromatic rings. The summed E-state index contributed by atoms with van der Waals surface area (Å²) in [6.45, 7) is 7.64. The van der Waals surface area contributed by atoms with Gasteiger partial charge in [0.15, 0.2) is 5.96 Å². The van der Waals surface area contributed by atoms with Gasteiger partial charge < -0.3 is 15.3 Å². The number of hydrogen-bond acceptors (Lipinski definition) is 2. The Kier molecular flexibility index (Phi) is 9.02. The number of rotatable bonds is 4. The zero-order valence-electron chi connectivity index (χ0n) is 10.3. The second kappa shape index (κ2) is 9.04. The molecule has 1 aliphatic rings. The third kappa shape index (κ3) is 5.34. The fourth-order valence-corrected chi connectivity index (χ4v) is 1.70. The standard InChI is InChI=1S/C11H23N3O.HI/c1-3-5-7-13-11(12-4-2)14-8-6-10(15)9-14;/h10,15H,3-9H2,1-2H3,(H,12,13);1H/t10-;/m1./s1. The van der Waals surface area contributed by atoms with E-state index in [1.165, 1.54) is 6.42 Å². The van der Waals surface area contributed by atoms with E-state index in [9.17, 15) is 5.11 Å². The fourth-order valence-electron chi connectivity index (χ4n) is 1.70. The summed E-state index contributed by atoms with van der Waals surface area (Å²) in [7, 11) is 0. The molecule has 4 nitrogen and oxygen atoms in total. The highest BCUT2D eigenvalue weighted by Crippen LogP contribution is 2.08. The van der Waals surface area contributed by atoms with Crippen LogP contribution in [0.1, 0.15) is 33.1 Å². The molecule has 0 aromatic carbocycles. The largest absolute Gasteiger partial charge is 0.391 e. The van der Waals surface area contributed by atoms with E-state index in [2.05, 4.69) is 29.1 Å². The van der Waals surface area contributed by atoms with Crippen LogP contribution in [-0.4, -0.2) is 48.2 Å². The number of likely N-dealkylation sites (tertiary alicyclic amines) is 1. The van der Waals surface area contributed by atoms with Gasteiger partial charge in [-0.05, 0) is 19.8 Å². The molecule has 1 fully saturated rings. The van der Waals surface area contributed by atoms with Crippen molar-refractivity contribution in [3.05, 3.63) is 0 Å². The Hall–Kier alpha value is -0.0400. The molecule has 0 aliphatic carbocycles. The Bertz CT molecular complexity index is 211. The molecule has 1 saturated heterocycles. The molecule has 0 unspecified atom stereocenters. The first-order valence-corrected chi connectivity index (χ1v) is 5.99. The van der Waals surface area contributed by atoms with Crippen LogP contribution in [0.5, 0.6) is 0 Å². The number of nitrogens with zero attached hydrogens (tertiary/aromatic N) is 2. The molecule has 16 heavy (non-hydrogen) atoms. The lowest BCUT2D eigenvalue weighted by molar-refractivity contribution is 0.188. The molecule has 1 rings (SSSR count). The van der Waals surface area contributed by atoms with E-state index in [0.717, 1.165) is 45.0 Å². The van der Waals surface area contributed by atoms with Gasteiger partial charge >= 0.3 is 0 Å². The van der Waals surface area contributed by atoms with Gasteiger partial charge in [-0.15, -0.1) is 24.0 Å². The van der Waals surface area contributed by atoms with E-state index in [1.54, 1.807) is 0 Å². The van der Waals surface area contributed by atoms with E-state index < -0.39 is 0 Å². The van der Waals surface area contributed by atoms with Crippen molar-refractivity contribution in [2.75, 3.05) is 26.2 Å². The molecule has 1 atom stereocenters. The van der Waals surface area contributed by atoms with Crippen LogP contribution in [0, 0.1) is 0 Å². The van der Waals surface area contributed by atoms with Crippen molar-refractivity contribution in [3.8, 4) is 0 Å². The number of hydrogen-bond donors (Lipinski definition) is 2. The highest BCUT2D eigenvalue weighted by Gasteiger charge is 2.22. The normalized spacial score (nSPS) is 20.8. The number of aliphatic imine (C=N–C) groups is 1. The van der Waals surface area contributed by atoms with Gasteiger partial charge in [-0.1, -0.05) is 13.3 Å². The first-order valence-electron chi connectivity index (χ1n) is 5.99. The monoisotopic (exact) mass is 341 g/mol. The topological polar surface area (TPSA) is 47.9 Å². The minimum absolute atomic E-state index is 0. The number of aliphatic hydroxyl groups is 1. The van der Waals surface area contributed by atoms with Gasteiger partial charge in [0, 0.05) is 26.2 Å². The zero-order valence-corrected chi connectivity index (χ0v) is 12.6. The molecule has 0 bridgehead atoms. The van der Waals surface area contributed by atoms with Crippen molar-refractivity contribution in [3.63, 3.8) is 0 Å². The van der Waals surface area contributed by atoms with Crippen LogP contribution >= 0.6 is 24.0 Å². The summed E-state index contributed by atoms with van der Waals surface area (Å²) in [6, 6.07) is 0. The van der Waals surface area contributed by atoms with Crippen molar-refractivity contribution in [1.29, 1.82) is 0 Å². The summed E-state index contributed by atoms with van der Waals surface area (Å²) >= 11 is 0. The van der Waals surface area contributed by atoms with Gasteiger partial charge in [0.2, 0.25) is 0 Å². The Morgan fingerprint density at radius 3 is 2.75 bits per heavy atom. The predicted octanol–water partition coefficient (Wildman–Crippen LogP) is 1.44. The van der Waals surface area contributed by atoms with Crippen molar-refractivity contribution < 1.29 is 5.11 Å². The lowest BCUT2D eigenvalue weighted by atomic mass is 10.3. The first kappa shape index (κ1) is 16.0. The lowest BCUT2D eigenvalue weighted by Gasteiger charge is -2.20. The van der Waals surface area contributed by atoms with Gasteiger partial charge in [-0.25, -0.2) is 0 Å². The fraction of sp³-hybridized carbons (Fsp3) is 0.909. The van der Waals surface area contributed by atoms with Gasteiger partial charge in [0.25, 0.3) is 0 Å². The van der Waals surface area contributed by atoms with E-state index >= 15 is 0 Å². The zero-order chi connectivity index (χ0) is 11.1. The maximum absolute atomic E-state index is 9.46. The minimum Gasteiger partial charge on any atom is -0.391 e. The van der Waals surface area contributed by atoms with Crippen molar-refractivity contribution >= 4 is 29.9 Å². The van der Waals surface area contributed by atoms with Gasteiger partial charge in [-0.3, -0.25) is 4.99 Å². The summed E-state index contributed by atoms with van der Waals surface area (Å²) in [4.78, 5) is 6.68. The Morgan fingerprint density at radius 1 is 1.50 bits per heavy atom. The van der Waals surface area contributed by atoms with E-state index in [4.69, 9.17) is 0 Å². The van der Waals surface area contributed by atoms with Gasteiger partial charge in [-0.2, -0.15) is 0 Å². The van der Waals surface area contributed by atoms with E-state index in [0.29, 0.717) is 0 Å². The number of β-amino-alcohol motifs (C(OH)–C–C–N with tert-alkyl or cyclic N) is 1. The van der Waals surface area contributed by atoms with Crippen molar-refractivity contribution in [1.82, 2.24) is 10.2 Å². The van der Waals surface area contributed by atoms with Crippen molar-refractivity contribution in [2.24, 2.45) is 4.99 Å². The second-order valence-corrected chi connectivity index (χ2v) is 3.98. The SMILES string of the molecule is CCCCN=C(NCC)N1CC[C@@H](O)C1.I. The molecule has 96 valence electrons. The summed E-state index contributed by atoms with van der Waals surface area (Å²) in [5, 5.41) is 12.7. The summed E-state index contributed by atoms with van der Waals surface area (Å²) in [5.41, 5.74) is 0. The molecule has 2 N–H and O–H groups in total. The number of halogens is 1. The summed E-state index contributed by atoms with van der Waals surface area (Å²) in [6.07, 6.45) is 2.98. The van der Waals surface area contributed by atoms with E-state index in [-0.39, 0.29) is 30.1 Å². The Morgan fingerprint density at radius 2 is 2.25 bits per heavy atom. The van der Waals surface area contributed by atoms with Gasteiger partial charge in [0.1, 0.15) is 0 Å². The molecule has 0 radical (unpaired) electrons. The smallest absolute Gasteiger partial charge is 0.194 e. The minimum atomic E-state index is -0.181. The molecular formula is C11H24IN3O. The molecule has 1 aliphatic heterocycles. The van der Waals surface area contributed by atoms with E-state index in [1.807, 2.05) is 0 Å². The number of guanidine groups is 1. The van der Waals surface area contributed by atoms with Crippen LogP contribution in [0.25, 0.3) is 0 Å². The molecule has 0 spiro atoms. The van der Waals surface area contributed by atoms with Crippen molar-refractivity contribution in [2.45, 2.75) is 39.2 Å². The molecule has 0 saturated carbocycles. The quantitative estimate of drug-likeness (QED) is 0.352. The maximum Gasteiger partial charge on any atom is 0.194 e. The number of unbranched alkanes of at least 4 members (excludes halogenated alkanes) is 1. The molecule has 1 heterocycles. The third-order valence-corrected chi connectivity index (χ3v) is 2.57. The molecular weight excluding hydrogens is 317 g/mol. The highest BCUT2D eigenvalue weighted by molar-refractivity contribution is 14.0.